The molecular weight excluding hydrogens is 607 g/mol. The third kappa shape index (κ3) is 7.94. The first-order valence-electron chi connectivity index (χ1n) is 13.8. The van der Waals surface area contributed by atoms with Gasteiger partial charge in [0.1, 0.15) is 24.4 Å². The zero-order valence-electron chi connectivity index (χ0n) is 23.0. The number of hydrogen-bond acceptors (Lipinski definition) is 5. The van der Waals surface area contributed by atoms with Crippen LogP contribution in [0, 0.1) is 16.4 Å². The van der Waals surface area contributed by atoms with Crippen LogP contribution in [0.5, 0.6) is 5.75 Å². The molecule has 0 radical (unpaired) electrons. The Balaban J connectivity index is 1.56. The average molecular weight is 647 g/mol. The van der Waals surface area contributed by atoms with Gasteiger partial charge >= 0.3 is 0 Å². The van der Waals surface area contributed by atoms with Crippen LogP contribution >= 0.6 is 22.6 Å². The van der Waals surface area contributed by atoms with Crippen molar-refractivity contribution in [2.45, 2.75) is 64.1 Å². The van der Waals surface area contributed by atoms with Gasteiger partial charge in [0.05, 0.1) is 6.04 Å². The summed E-state index contributed by atoms with van der Waals surface area (Å²) in [5, 5.41) is 9.34. The van der Waals surface area contributed by atoms with Crippen molar-refractivity contribution in [1.29, 1.82) is 0 Å². The lowest BCUT2D eigenvalue weighted by molar-refractivity contribution is -0.141. The Morgan fingerprint density at radius 3 is 2.56 bits per heavy atom. The van der Waals surface area contributed by atoms with Crippen molar-refractivity contribution in [3.05, 3.63) is 62.7 Å². The van der Waals surface area contributed by atoms with Crippen molar-refractivity contribution >= 4 is 40.3 Å². The second kappa shape index (κ2) is 13.6. The molecule has 0 spiro atoms. The van der Waals surface area contributed by atoms with Gasteiger partial charge in [-0.15, -0.1) is 0 Å². The highest BCUT2D eigenvalue weighted by Crippen LogP contribution is 2.33. The van der Waals surface area contributed by atoms with Crippen LogP contribution < -0.4 is 20.7 Å². The summed E-state index contributed by atoms with van der Waals surface area (Å²) < 4.78 is 7.11. The number of rotatable bonds is 3. The number of nitrogens with one attached hydrogen (secondary N) is 3. The first-order valence-corrected chi connectivity index (χ1v) is 14.9. The van der Waals surface area contributed by atoms with Crippen LogP contribution in [0.15, 0.2) is 42.5 Å². The summed E-state index contributed by atoms with van der Waals surface area (Å²) in [5.74, 6) is 0.391. The summed E-state index contributed by atoms with van der Waals surface area (Å²) in [6.07, 6.45) is 3.83. The van der Waals surface area contributed by atoms with Gasteiger partial charge in [-0.05, 0) is 91.3 Å². The Morgan fingerprint density at radius 2 is 1.82 bits per heavy atom. The van der Waals surface area contributed by atoms with Crippen molar-refractivity contribution in [1.82, 2.24) is 20.9 Å². The summed E-state index contributed by atoms with van der Waals surface area (Å²) in [7, 11) is 1.66. The molecule has 0 aromatic heterocycles. The SMILES string of the molecule is Cc1ccc(C[C@H]2NC(=O)[C@@H](C)N(C)C(=O)[C@H](C3CC3)NCCOc3ccccc3CCCNC2=O)c(I)c1. The van der Waals surface area contributed by atoms with E-state index in [1.54, 1.807) is 14.0 Å². The first-order chi connectivity index (χ1) is 18.7. The molecule has 0 saturated heterocycles. The van der Waals surface area contributed by atoms with E-state index in [4.69, 9.17) is 4.74 Å². The summed E-state index contributed by atoms with van der Waals surface area (Å²) in [6.45, 7) is 5.17. The van der Waals surface area contributed by atoms with Crippen LogP contribution in [0.4, 0.5) is 0 Å². The quantitative estimate of drug-likeness (QED) is 0.446. The van der Waals surface area contributed by atoms with E-state index in [2.05, 4.69) is 44.6 Å². The predicted octanol–water partition coefficient (Wildman–Crippen LogP) is 2.98. The van der Waals surface area contributed by atoms with Crippen LogP contribution in [-0.4, -0.2) is 67.5 Å². The number of carbonyl (C=O) groups is 3. The molecule has 2 aromatic rings. The van der Waals surface area contributed by atoms with Crippen LogP contribution in [-0.2, 0) is 27.2 Å². The highest BCUT2D eigenvalue weighted by atomic mass is 127. The summed E-state index contributed by atoms with van der Waals surface area (Å²) in [4.78, 5) is 41.6. The second-order valence-electron chi connectivity index (χ2n) is 10.6. The predicted molar refractivity (Wildman–Crippen MR) is 160 cm³/mol. The van der Waals surface area contributed by atoms with Gasteiger partial charge in [-0.3, -0.25) is 14.4 Å². The smallest absolute Gasteiger partial charge is 0.243 e. The number of halogens is 1. The summed E-state index contributed by atoms with van der Waals surface area (Å²) in [5.41, 5.74) is 3.21. The topological polar surface area (TPSA) is 99.8 Å². The molecular formula is C30H39IN4O4. The van der Waals surface area contributed by atoms with Gasteiger partial charge in [0.15, 0.2) is 0 Å². The maximum atomic E-state index is 13.5. The van der Waals surface area contributed by atoms with Crippen molar-refractivity contribution in [3.63, 3.8) is 0 Å². The molecule has 2 aromatic carbocycles. The van der Waals surface area contributed by atoms with Gasteiger partial charge in [0.25, 0.3) is 0 Å². The monoisotopic (exact) mass is 646 g/mol. The molecule has 9 heteroatoms. The molecule has 1 saturated carbocycles. The standard InChI is InChI=1S/C30H39IN4O4/c1-19-10-11-23(24(31)17-19)18-25-29(37)33-14-6-8-21-7-4-5-9-26(21)39-16-15-32-27(22-12-13-22)30(38)35(3)20(2)28(36)34-25/h4-5,7,9-11,17,20,22,25,27,32H,6,8,12-16,18H2,1-3H3,(H,33,37)(H,34,36)/t20-,25-,27+/m1/s1. The van der Waals surface area contributed by atoms with Crippen LogP contribution in [0.1, 0.15) is 42.9 Å². The van der Waals surface area contributed by atoms with Crippen molar-refractivity contribution in [2.75, 3.05) is 26.7 Å². The molecule has 4 rings (SSSR count). The minimum Gasteiger partial charge on any atom is -0.492 e. The van der Waals surface area contributed by atoms with E-state index in [-0.39, 0.29) is 29.7 Å². The summed E-state index contributed by atoms with van der Waals surface area (Å²) in [6, 6.07) is 12.2. The molecule has 39 heavy (non-hydrogen) atoms. The maximum Gasteiger partial charge on any atom is 0.243 e. The minimum absolute atomic E-state index is 0.115. The third-order valence-electron chi connectivity index (χ3n) is 7.55. The van der Waals surface area contributed by atoms with Gasteiger partial charge in [0.2, 0.25) is 17.7 Å². The van der Waals surface area contributed by atoms with Crippen molar-refractivity contribution < 1.29 is 19.1 Å². The number of carbonyl (C=O) groups excluding carboxylic acids is 3. The fraction of sp³-hybridized carbons (Fsp3) is 0.500. The fourth-order valence-corrected chi connectivity index (χ4v) is 5.74. The average Bonchev–Trinajstić information content (AvgIpc) is 3.76. The number of fused-ring (bicyclic) bond motifs is 1. The molecule has 3 atom stereocenters. The molecule has 1 heterocycles. The zero-order valence-corrected chi connectivity index (χ0v) is 25.1. The molecule has 210 valence electrons. The molecule has 1 aliphatic carbocycles. The normalized spacial score (nSPS) is 24.1. The lowest BCUT2D eigenvalue weighted by atomic mass is 10.0. The number of amides is 3. The lowest BCUT2D eigenvalue weighted by Crippen LogP contribution is -2.56. The van der Waals surface area contributed by atoms with Gasteiger partial charge in [-0.25, -0.2) is 0 Å². The molecule has 1 fully saturated rings. The largest absolute Gasteiger partial charge is 0.492 e. The Hall–Kier alpha value is -2.66. The van der Waals surface area contributed by atoms with Gasteiger partial charge in [-0.1, -0.05) is 35.9 Å². The molecule has 3 amide bonds. The number of nitrogens with zero attached hydrogens (tertiary/aromatic N) is 1. The lowest BCUT2D eigenvalue weighted by Gasteiger charge is -2.30. The van der Waals surface area contributed by atoms with E-state index < -0.39 is 12.1 Å². The number of para-hydroxylation sites is 1. The van der Waals surface area contributed by atoms with E-state index in [9.17, 15) is 14.4 Å². The Kier molecular flexibility index (Phi) is 10.2. The number of hydrogen-bond donors (Lipinski definition) is 3. The number of likely N-dealkylation sites (N-methyl/N-ethyl adjacent to an activating group) is 1. The van der Waals surface area contributed by atoms with E-state index in [0.29, 0.717) is 26.1 Å². The third-order valence-corrected chi connectivity index (χ3v) is 8.56. The number of aryl methyl sites for hydroxylation is 2. The highest BCUT2D eigenvalue weighted by Gasteiger charge is 2.39. The number of ether oxygens (including phenoxy) is 1. The van der Waals surface area contributed by atoms with Gasteiger partial charge < -0.3 is 25.6 Å². The molecule has 2 aliphatic rings. The van der Waals surface area contributed by atoms with Gasteiger partial charge in [0, 0.05) is 30.1 Å². The maximum absolute atomic E-state index is 13.5. The molecule has 8 nitrogen and oxygen atoms in total. The fourth-order valence-electron chi connectivity index (χ4n) is 4.85. The minimum atomic E-state index is -0.758. The van der Waals surface area contributed by atoms with Gasteiger partial charge in [-0.2, -0.15) is 0 Å². The van der Waals surface area contributed by atoms with E-state index in [1.807, 2.05) is 43.3 Å². The highest BCUT2D eigenvalue weighted by molar-refractivity contribution is 14.1. The number of benzene rings is 2. The first kappa shape index (κ1) is 29.3. The van der Waals surface area contributed by atoms with Crippen molar-refractivity contribution in [2.24, 2.45) is 5.92 Å². The molecule has 1 aliphatic heterocycles. The van der Waals surface area contributed by atoms with Crippen LogP contribution in [0.25, 0.3) is 0 Å². The van der Waals surface area contributed by atoms with Crippen molar-refractivity contribution in [3.8, 4) is 5.75 Å². The van der Waals surface area contributed by atoms with Crippen LogP contribution in [0.2, 0.25) is 0 Å². The van der Waals surface area contributed by atoms with E-state index in [0.717, 1.165) is 51.7 Å². The molecule has 0 unspecified atom stereocenters. The Bertz CT molecular complexity index is 1190. The Morgan fingerprint density at radius 1 is 1.05 bits per heavy atom. The van der Waals surface area contributed by atoms with E-state index >= 15 is 0 Å². The molecule has 0 bridgehead atoms. The molecule has 3 N–H and O–H groups in total. The van der Waals surface area contributed by atoms with Crippen LogP contribution in [0.3, 0.4) is 0 Å². The van der Waals surface area contributed by atoms with E-state index in [1.165, 1.54) is 4.90 Å². The second-order valence-corrected chi connectivity index (χ2v) is 11.8. The Labute approximate surface area is 244 Å². The summed E-state index contributed by atoms with van der Waals surface area (Å²) >= 11 is 2.27. The zero-order chi connectivity index (χ0) is 27.9.